The Labute approximate surface area is 123 Å². The van der Waals surface area contributed by atoms with Crippen molar-refractivity contribution in [3.8, 4) is 0 Å². The monoisotopic (exact) mass is 286 g/mol. The van der Waals surface area contributed by atoms with Gasteiger partial charge in [-0.1, -0.05) is 0 Å². The standard InChI is InChI=1S/C14H18N6O/c1-10-6-11(2)19-13(18-10)8-17-14(21)20(3)9-12-7-15-4-5-16-12/h4-7H,8-9H2,1-3H3,(H,17,21). The van der Waals surface area contributed by atoms with Gasteiger partial charge in [-0.25, -0.2) is 14.8 Å². The Morgan fingerprint density at radius 1 is 1.24 bits per heavy atom. The summed E-state index contributed by atoms with van der Waals surface area (Å²) in [6.07, 6.45) is 4.84. The topological polar surface area (TPSA) is 83.9 Å². The molecule has 2 heterocycles. The maximum absolute atomic E-state index is 12.0. The molecule has 0 spiro atoms. The highest BCUT2D eigenvalue weighted by Gasteiger charge is 2.10. The molecule has 0 saturated heterocycles. The number of hydrogen-bond acceptors (Lipinski definition) is 5. The summed E-state index contributed by atoms with van der Waals surface area (Å²) in [5.74, 6) is 0.605. The van der Waals surface area contributed by atoms with Gasteiger partial charge in [0.15, 0.2) is 0 Å². The minimum Gasteiger partial charge on any atom is -0.331 e. The van der Waals surface area contributed by atoms with Crippen LogP contribution in [0.3, 0.4) is 0 Å². The van der Waals surface area contributed by atoms with E-state index in [4.69, 9.17) is 0 Å². The molecule has 2 aromatic heterocycles. The van der Waals surface area contributed by atoms with E-state index in [-0.39, 0.29) is 6.03 Å². The van der Waals surface area contributed by atoms with Gasteiger partial charge in [0, 0.05) is 30.8 Å². The fraction of sp³-hybridized carbons (Fsp3) is 0.357. The van der Waals surface area contributed by atoms with E-state index < -0.39 is 0 Å². The van der Waals surface area contributed by atoms with Crippen LogP contribution >= 0.6 is 0 Å². The van der Waals surface area contributed by atoms with Crippen molar-refractivity contribution in [2.24, 2.45) is 0 Å². The van der Waals surface area contributed by atoms with Gasteiger partial charge in [-0.2, -0.15) is 0 Å². The molecule has 7 heteroatoms. The minimum absolute atomic E-state index is 0.205. The minimum atomic E-state index is -0.205. The number of aryl methyl sites for hydroxylation is 2. The first-order chi connectivity index (χ1) is 10.0. The third kappa shape index (κ3) is 4.48. The number of amides is 2. The zero-order valence-electron chi connectivity index (χ0n) is 12.4. The fourth-order valence-corrected chi connectivity index (χ4v) is 1.89. The summed E-state index contributed by atoms with van der Waals surface area (Å²) in [4.78, 5) is 30.2. The van der Waals surface area contributed by atoms with Crippen LogP contribution < -0.4 is 5.32 Å². The molecule has 0 aliphatic rings. The highest BCUT2D eigenvalue weighted by molar-refractivity contribution is 5.73. The lowest BCUT2D eigenvalue weighted by Crippen LogP contribution is -2.37. The number of nitrogens with zero attached hydrogens (tertiary/aromatic N) is 5. The third-order valence-corrected chi connectivity index (χ3v) is 2.79. The first-order valence-electron chi connectivity index (χ1n) is 6.59. The van der Waals surface area contributed by atoms with Crippen LogP contribution in [0.4, 0.5) is 4.79 Å². The maximum atomic E-state index is 12.0. The molecule has 110 valence electrons. The van der Waals surface area contributed by atoms with Gasteiger partial charge in [0.2, 0.25) is 0 Å². The molecular weight excluding hydrogens is 268 g/mol. The molecule has 1 N–H and O–H groups in total. The normalized spacial score (nSPS) is 10.2. The molecule has 0 aliphatic carbocycles. The van der Waals surface area contributed by atoms with E-state index in [1.54, 1.807) is 25.6 Å². The first-order valence-corrected chi connectivity index (χ1v) is 6.59. The number of carbonyl (C=O) groups excluding carboxylic acids is 1. The lowest BCUT2D eigenvalue weighted by molar-refractivity contribution is 0.205. The van der Waals surface area contributed by atoms with E-state index in [2.05, 4.69) is 25.3 Å². The second kappa shape index (κ2) is 6.74. The molecule has 0 bridgehead atoms. The maximum Gasteiger partial charge on any atom is 0.317 e. The van der Waals surface area contributed by atoms with E-state index in [0.717, 1.165) is 17.1 Å². The van der Waals surface area contributed by atoms with Crippen molar-refractivity contribution >= 4 is 6.03 Å². The lowest BCUT2D eigenvalue weighted by Gasteiger charge is -2.17. The number of rotatable bonds is 4. The first kappa shape index (κ1) is 14.8. The summed E-state index contributed by atoms with van der Waals surface area (Å²) in [6, 6.07) is 1.69. The predicted octanol–water partition coefficient (Wildman–Crippen LogP) is 1.23. The predicted molar refractivity (Wildman–Crippen MR) is 77.2 cm³/mol. The molecule has 7 nitrogen and oxygen atoms in total. The number of hydrogen-bond donors (Lipinski definition) is 1. The number of aromatic nitrogens is 4. The van der Waals surface area contributed by atoms with Crippen LogP contribution in [0.2, 0.25) is 0 Å². The van der Waals surface area contributed by atoms with E-state index in [1.807, 2.05) is 19.9 Å². The Balaban J connectivity index is 1.89. The van der Waals surface area contributed by atoms with Gasteiger partial charge < -0.3 is 10.2 Å². The molecule has 2 aromatic rings. The lowest BCUT2D eigenvalue weighted by atomic mass is 10.3. The van der Waals surface area contributed by atoms with Crippen molar-refractivity contribution in [2.75, 3.05) is 7.05 Å². The van der Waals surface area contributed by atoms with Gasteiger partial charge in [-0.15, -0.1) is 0 Å². The Morgan fingerprint density at radius 3 is 2.57 bits per heavy atom. The Hall–Kier alpha value is -2.57. The number of urea groups is 1. The molecule has 0 aromatic carbocycles. The Morgan fingerprint density at radius 2 is 1.95 bits per heavy atom. The van der Waals surface area contributed by atoms with Crippen LogP contribution in [0.1, 0.15) is 22.9 Å². The largest absolute Gasteiger partial charge is 0.331 e. The van der Waals surface area contributed by atoms with E-state index in [0.29, 0.717) is 18.9 Å². The van der Waals surface area contributed by atoms with Crippen LogP contribution in [-0.4, -0.2) is 37.9 Å². The molecule has 0 fully saturated rings. The van der Waals surface area contributed by atoms with Gasteiger partial charge >= 0.3 is 6.03 Å². The molecule has 0 saturated carbocycles. The van der Waals surface area contributed by atoms with Crippen molar-refractivity contribution in [1.29, 1.82) is 0 Å². The summed E-state index contributed by atoms with van der Waals surface area (Å²) in [5, 5.41) is 2.79. The summed E-state index contributed by atoms with van der Waals surface area (Å²) in [5.41, 5.74) is 2.51. The highest BCUT2D eigenvalue weighted by Crippen LogP contribution is 2.00. The van der Waals surface area contributed by atoms with Gasteiger partial charge in [-0.05, 0) is 19.9 Å². The number of nitrogens with one attached hydrogen (secondary N) is 1. The summed E-state index contributed by atoms with van der Waals surface area (Å²) in [7, 11) is 1.70. The second-order valence-corrected chi connectivity index (χ2v) is 4.78. The smallest absolute Gasteiger partial charge is 0.317 e. The van der Waals surface area contributed by atoms with E-state index in [9.17, 15) is 4.79 Å². The van der Waals surface area contributed by atoms with Gasteiger partial charge in [0.05, 0.1) is 25.0 Å². The molecule has 21 heavy (non-hydrogen) atoms. The Bertz CT molecular complexity index is 596. The van der Waals surface area contributed by atoms with Crippen molar-refractivity contribution in [3.05, 3.63) is 47.6 Å². The van der Waals surface area contributed by atoms with Crippen LogP contribution in [-0.2, 0) is 13.1 Å². The van der Waals surface area contributed by atoms with Gasteiger partial charge in [0.25, 0.3) is 0 Å². The molecule has 2 rings (SSSR count). The molecule has 0 radical (unpaired) electrons. The van der Waals surface area contributed by atoms with E-state index >= 15 is 0 Å². The summed E-state index contributed by atoms with van der Waals surface area (Å²) in [6.45, 7) is 4.50. The second-order valence-electron chi connectivity index (χ2n) is 4.78. The van der Waals surface area contributed by atoms with E-state index in [1.165, 1.54) is 4.90 Å². The van der Waals surface area contributed by atoms with Crippen LogP contribution in [0, 0.1) is 13.8 Å². The average Bonchev–Trinajstić information content (AvgIpc) is 2.44. The summed E-state index contributed by atoms with van der Waals surface area (Å²) < 4.78 is 0. The molecule has 2 amide bonds. The van der Waals surface area contributed by atoms with Gasteiger partial charge in [0.1, 0.15) is 5.82 Å². The zero-order valence-corrected chi connectivity index (χ0v) is 12.4. The quantitative estimate of drug-likeness (QED) is 0.913. The Kier molecular flexibility index (Phi) is 4.76. The van der Waals surface area contributed by atoms with Gasteiger partial charge in [-0.3, -0.25) is 9.97 Å². The van der Waals surface area contributed by atoms with Crippen molar-refractivity contribution in [3.63, 3.8) is 0 Å². The molecule has 0 unspecified atom stereocenters. The number of carbonyl (C=O) groups is 1. The highest BCUT2D eigenvalue weighted by atomic mass is 16.2. The summed E-state index contributed by atoms with van der Waals surface area (Å²) >= 11 is 0. The molecular formula is C14H18N6O. The van der Waals surface area contributed by atoms with Crippen LogP contribution in [0.25, 0.3) is 0 Å². The molecule has 0 aliphatic heterocycles. The van der Waals surface area contributed by atoms with Crippen molar-refractivity contribution < 1.29 is 4.79 Å². The van der Waals surface area contributed by atoms with Crippen molar-refractivity contribution in [2.45, 2.75) is 26.9 Å². The SMILES string of the molecule is Cc1cc(C)nc(CNC(=O)N(C)Cc2cnccn2)n1. The molecule has 0 atom stereocenters. The van der Waals surface area contributed by atoms with Crippen LogP contribution in [0.5, 0.6) is 0 Å². The average molecular weight is 286 g/mol. The van der Waals surface area contributed by atoms with Crippen LogP contribution in [0.15, 0.2) is 24.7 Å². The zero-order chi connectivity index (χ0) is 15.2. The van der Waals surface area contributed by atoms with Crippen molar-refractivity contribution in [1.82, 2.24) is 30.2 Å². The third-order valence-electron chi connectivity index (χ3n) is 2.79. The fourth-order valence-electron chi connectivity index (χ4n) is 1.89.